The van der Waals surface area contributed by atoms with Gasteiger partial charge in [-0.2, -0.15) is 0 Å². The largest absolute Gasteiger partial charge is 0.309 e. The van der Waals surface area contributed by atoms with Gasteiger partial charge in [0.1, 0.15) is 0 Å². The molecule has 286 valence electrons. The Morgan fingerprint density at radius 3 is 1.30 bits per heavy atom. The van der Waals surface area contributed by atoms with Crippen molar-refractivity contribution in [2.45, 2.75) is 0 Å². The first-order chi connectivity index (χ1) is 30.2. The van der Waals surface area contributed by atoms with Crippen molar-refractivity contribution in [2.75, 3.05) is 0 Å². The second-order valence-electron chi connectivity index (χ2n) is 15.4. The van der Waals surface area contributed by atoms with Crippen LogP contribution in [0.15, 0.2) is 237 Å². The van der Waals surface area contributed by atoms with Crippen LogP contribution in [0.4, 0.5) is 0 Å². The Morgan fingerprint density at radius 2 is 0.721 bits per heavy atom. The average molecular weight is 778 g/mol. The van der Waals surface area contributed by atoms with Crippen molar-refractivity contribution in [3.8, 4) is 84.1 Å². The van der Waals surface area contributed by atoms with Crippen LogP contribution in [-0.4, -0.2) is 14.5 Å². The highest BCUT2D eigenvalue weighted by Gasteiger charge is 2.19. The van der Waals surface area contributed by atoms with Gasteiger partial charge in [0.25, 0.3) is 0 Å². The Balaban J connectivity index is 1.09. The first-order valence-electron chi connectivity index (χ1n) is 20.7. The smallest absolute Gasteiger partial charge is 0.160 e. The molecule has 2 aromatic heterocycles. The minimum Gasteiger partial charge on any atom is -0.309 e. The number of aromatic nitrogens is 3. The fraction of sp³-hybridized carbons (Fsp3) is 0. The zero-order valence-electron chi connectivity index (χ0n) is 33.4. The minimum atomic E-state index is 0.676. The highest BCUT2D eigenvalue weighted by atomic mass is 15.0. The van der Waals surface area contributed by atoms with E-state index in [0.29, 0.717) is 5.82 Å². The van der Waals surface area contributed by atoms with E-state index in [4.69, 9.17) is 9.97 Å². The molecule has 0 bridgehead atoms. The number of fused-ring (bicyclic) bond motifs is 3. The summed E-state index contributed by atoms with van der Waals surface area (Å²) in [4.78, 5) is 10.7. The zero-order chi connectivity index (χ0) is 40.5. The molecule has 0 spiro atoms. The van der Waals surface area contributed by atoms with Crippen molar-refractivity contribution in [3.63, 3.8) is 0 Å². The number of para-hydroxylation sites is 1. The van der Waals surface area contributed by atoms with Gasteiger partial charge in [-0.3, -0.25) is 0 Å². The lowest BCUT2D eigenvalue weighted by Gasteiger charge is -2.13. The molecular formula is C58H39N3. The molecular weight excluding hydrogens is 739 g/mol. The third kappa shape index (κ3) is 6.88. The number of nitrogens with zero attached hydrogens (tertiary/aromatic N) is 3. The third-order valence-electron chi connectivity index (χ3n) is 11.6. The summed E-state index contributed by atoms with van der Waals surface area (Å²) >= 11 is 0. The molecule has 3 nitrogen and oxygen atoms in total. The number of hydrogen-bond donors (Lipinski definition) is 0. The van der Waals surface area contributed by atoms with E-state index < -0.39 is 0 Å². The predicted octanol–water partition coefficient (Wildman–Crippen LogP) is 15.2. The van der Waals surface area contributed by atoms with Crippen LogP contribution in [0.25, 0.3) is 106 Å². The molecule has 2 heterocycles. The van der Waals surface area contributed by atoms with Crippen LogP contribution in [0.5, 0.6) is 0 Å². The zero-order valence-corrected chi connectivity index (χ0v) is 33.4. The molecule has 9 aromatic carbocycles. The maximum Gasteiger partial charge on any atom is 0.160 e. The summed E-state index contributed by atoms with van der Waals surface area (Å²) in [6.45, 7) is 0. The number of rotatable bonds is 8. The lowest BCUT2D eigenvalue weighted by molar-refractivity contribution is 1.18. The maximum absolute atomic E-state index is 5.34. The molecule has 0 saturated heterocycles. The van der Waals surface area contributed by atoms with Crippen molar-refractivity contribution in [2.24, 2.45) is 0 Å². The Hall–Kier alpha value is -8.14. The molecule has 11 rings (SSSR count). The van der Waals surface area contributed by atoms with Gasteiger partial charge in [0, 0.05) is 33.2 Å². The molecule has 0 amide bonds. The molecule has 0 atom stereocenters. The van der Waals surface area contributed by atoms with E-state index in [0.717, 1.165) is 61.5 Å². The van der Waals surface area contributed by atoms with E-state index in [-0.39, 0.29) is 0 Å². The van der Waals surface area contributed by atoms with E-state index in [1.54, 1.807) is 0 Å². The Morgan fingerprint density at radius 1 is 0.279 bits per heavy atom. The lowest BCUT2D eigenvalue weighted by Crippen LogP contribution is -1.97. The van der Waals surface area contributed by atoms with E-state index in [2.05, 4.69) is 241 Å². The molecule has 61 heavy (non-hydrogen) atoms. The summed E-state index contributed by atoms with van der Waals surface area (Å²) in [6, 6.07) is 84.0. The molecule has 0 radical (unpaired) electrons. The van der Waals surface area contributed by atoms with Gasteiger partial charge in [-0.05, 0) is 99.1 Å². The summed E-state index contributed by atoms with van der Waals surface area (Å²) in [5, 5.41) is 2.42. The Bertz CT molecular complexity index is 3230. The second kappa shape index (κ2) is 15.6. The second-order valence-corrected chi connectivity index (χ2v) is 15.4. The maximum atomic E-state index is 5.34. The quantitative estimate of drug-likeness (QED) is 0.154. The average Bonchev–Trinajstić information content (AvgIpc) is 3.69. The van der Waals surface area contributed by atoms with Crippen molar-refractivity contribution in [3.05, 3.63) is 237 Å². The van der Waals surface area contributed by atoms with Crippen LogP contribution in [0.3, 0.4) is 0 Å². The first-order valence-corrected chi connectivity index (χ1v) is 20.7. The SMILES string of the molecule is c1ccc(-c2cccc(-c3cc(-c4cccc(-c5ccccc5)c4)nc(-c4cccc(-c5cccc6c5c5cc(-c7ccccc7)ccc5n6-c5ccccc5)c4)n3)c2)cc1. The van der Waals surface area contributed by atoms with Gasteiger partial charge in [-0.1, -0.05) is 182 Å². The van der Waals surface area contributed by atoms with Crippen LogP contribution in [0, 0.1) is 0 Å². The van der Waals surface area contributed by atoms with E-state index >= 15 is 0 Å². The lowest BCUT2D eigenvalue weighted by atomic mass is 9.96. The molecule has 0 unspecified atom stereocenters. The number of hydrogen-bond acceptors (Lipinski definition) is 2. The van der Waals surface area contributed by atoms with E-state index in [1.807, 2.05) is 0 Å². The van der Waals surface area contributed by atoms with Crippen LogP contribution < -0.4 is 0 Å². The Kier molecular flexibility index (Phi) is 9.18. The molecule has 0 N–H and O–H groups in total. The Labute approximate surface area is 355 Å². The van der Waals surface area contributed by atoms with Gasteiger partial charge in [-0.15, -0.1) is 0 Å². The highest BCUT2D eigenvalue weighted by molar-refractivity contribution is 6.16. The monoisotopic (exact) mass is 777 g/mol. The van der Waals surface area contributed by atoms with Crippen molar-refractivity contribution in [1.82, 2.24) is 14.5 Å². The molecule has 0 saturated carbocycles. The number of benzene rings is 9. The molecule has 0 aliphatic rings. The van der Waals surface area contributed by atoms with Gasteiger partial charge in [-0.25, -0.2) is 9.97 Å². The van der Waals surface area contributed by atoms with E-state index in [1.165, 1.54) is 38.5 Å². The topological polar surface area (TPSA) is 30.7 Å². The molecule has 11 aromatic rings. The molecule has 0 fully saturated rings. The van der Waals surface area contributed by atoms with Gasteiger partial charge in [0.2, 0.25) is 0 Å². The standard InChI is InChI=1S/C58H39N3/c1-5-17-40(18-6-1)43-23-13-26-47(35-43)53-39-54(48-27-14-24-44(36-48)41-19-7-2-8-20-41)60-58(59-53)49-28-15-25-46(37-49)51-31-16-32-56-57(51)52-38-45(42-21-9-3-10-22-42)33-34-55(52)61(56)50-29-11-4-12-30-50/h1-39H. The van der Waals surface area contributed by atoms with Gasteiger partial charge < -0.3 is 4.57 Å². The van der Waals surface area contributed by atoms with Gasteiger partial charge >= 0.3 is 0 Å². The summed E-state index contributed by atoms with van der Waals surface area (Å²) in [5.41, 5.74) is 17.5. The van der Waals surface area contributed by atoms with Gasteiger partial charge in [0.05, 0.1) is 22.4 Å². The van der Waals surface area contributed by atoms with Crippen LogP contribution in [0.1, 0.15) is 0 Å². The van der Waals surface area contributed by atoms with Crippen LogP contribution in [-0.2, 0) is 0 Å². The molecule has 3 heteroatoms. The minimum absolute atomic E-state index is 0.676. The molecule has 0 aliphatic carbocycles. The van der Waals surface area contributed by atoms with E-state index in [9.17, 15) is 0 Å². The molecule has 0 aliphatic heterocycles. The van der Waals surface area contributed by atoms with Gasteiger partial charge in [0.15, 0.2) is 5.82 Å². The summed E-state index contributed by atoms with van der Waals surface area (Å²) in [5.74, 6) is 0.676. The fourth-order valence-electron chi connectivity index (χ4n) is 8.65. The summed E-state index contributed by atoms with van der Waals surface area (Å²) < 4.78 is 2.39. The summed E-state index contributed by atoms with van der Waals surface area (Å²) in [6.07, 6.45) is 0. The van der Waals surface area contributed by atoms with Crippen LogP contribution in [0.2, 0.25) is 0 Å². The fourth-order valence-corrected chi connectivity index (χ4v) is 8.65. The van der Waals surface area contributed by atoms with Crippen molar-refractivity contribution < 1.29 is 0 Å². The third-order valence-corrected chi connectivity index (χ3v) is 11.6. The first kappa shape index (κ1) is 36.0. The summed E-state index contributed by atoms with van der Waals surface area (Å²) in [7, 11) is 0. The van der Waals surface area contributed by atoms with Crippen molar-refractivity contribution >= 4 is 21.8 Å². The predicted molar refractivity (Wildman–Crippen MR) is 254 cm³/mol. The van der Waals surface area contributed by atoms with Crippen molar-refractivity contribution in [1.29, 1.82) is 0 Å². The normalized spacial score (nSPS) is 11.3. The highest BCUT2D eigenvalue weighted by Crippen LogP contribution is 2.41. The van der Waals surface area contributed by atoms with Crippen LogP contribution >= 0.6 is 0 Å².